The fourth-order valence-corrected chi connectivity index (χ4v) is 4.71. The molecule has 2 aromatic rings. The summed E-state index contributed by atoms with van der Waals surface area (Å²) in [5, 5.41) is 5.30. The third-order valence-corrected chi connectivity index (χ3v) is 6.34. The van der Waals surface area contributed by atoms with E-state index in [9.17, 15) is 13.2 Å². The van der Waals surface area contributed by atoms with E-state index in [1.165, 1.54) is 4.31 Å². The van der Waals surface area contributed by atoms with Gasteiger partial charge in [-0.05, 0) is 38.1 Å². The summed E-state index contributed by atoms with van der Waals surface area (Å²) < 4.78 is 37.9. The highest BCUT2D eigenvalue weighted by molar-refractivity contribution is 7.89. The summed E-state index contributed by atoms with van der Waals surface area (Å²) >= 11 is 0. The molecule has 1 fully saturated rings. The number of morpholine rings is 1. The number of ether oxygens (including phenoxy) is 2. The molecule has 1 aliphatic heterocycles. The van der Waals surface area contributed by atoms with Gasteiger partial charge in [-0.15, -0.1) is 0 Å². The molecule has 0 aliphatic carbocycles. The number of benzene rings is 2. The van der Waals surface area contributed by atoms with Crippen molar-refractivity contribution in [2.45, 2.75) is 26.1 Å². The maximum atomic E-state index is 12.6. The van der Waals surface area contributed by atoms with Crippen molar-refractivity contribution >= 4 is 21.7 Å². The van der Waals surface area contributed by atoms with Crippen LogP contribution in [0, 0.1) is 0 Å². The summed E-state index contributed by atoms with van der Waals surface area (Å²) in [6.45, 7) is 4.33. The molecule has 0 saturated carbocycles. The highest BCUT2D eigenvalue weighted by Gasteiger charge is 2.30. The molecule has 162 valence electrons. The zero-order valence-corrected chi connectivity index (χ0v) is 17.9. The van der Waals surface area contributed by atoms with Crippen LogP contribution in [0.1, 0.15) is 13.8 Å². The van der Waals surface area contributed by atoms with Gasteiger partial charge in [-0.2, -0.15) is 4.31 Å². The van der Waals surface area contributed by atoms with Gasteiger partial charge in [-0.25, -0.2) is 13.2 Å². The minimum Gasteiger partial charge on any atom is -0.455 e. The molecular formula is C21H27N3O5S. The molecule has 1 heterocycles. The maximum Gasteiger partial charge on any atom is 0.319 e. The Kier molecular flexibility index (Phi) is 7.30. The summed E-state index contributed by atoms with van der Waals surface area (Å²) in [4.78, 5) is 12.3. The van der Waals surface area contributed by atoms with Gasteiger partial charge in [-0.3, -0.25) is 0 Å². The Morgan fingerprint density at radius 1 is 1.07 bits per heavy atom. The number of carbonyl (C=O) groups excluding carboxylic acids is 1. The molecule has 2 amide bonds. The Bertz CT molecular complexity index is 942. The van der Waals surface area contributed by atoms with E-state index in [0.717, 1.165) is 0 Å². The number of urea groups is 1. The van der Waals surface area contributed by atoms with Crippen LogP contribution in [0.4, 0.5) is 10.5 Å². The second-order valence-electron chi connectivity index (χ2n) is 7.18. The summed E-state index contributed by atoms with van der Waals surface area (Å²) in [6, 6.07) is 15.8. The van der Waals surface area contributed by atoms with Gasteiger partial charge in [0.2, 0.25) is 10.0 Å². The van der Waals surface area contributed by atoms with E-state index in [-0.39, 0.29) is 24.5 Å². The molecule has 30 heavy (non-hydrogen) atoms. The molecule has 0 radical (unpaired) electrons. The summed E-state index contributed by atoms with van der Waals surface area (Å²) in [6.07, 6.45) is -0.304. The zero-order chi connectivity index (χ0) is 21.6. The van der Waals surface area contributed by atoms with Crippen molar-refractivity contribution < 1.29 is 22.7 Å². The van der Waals surface area contributed by atoms with Gasteiger partial charge in [0.1, 0.15) is 5.75 Å². The number of nitrogens with zero attached hydrogens (tertiary/aromatic N) is 1. The topological polar surface area (TPSA) is 97.0 Å². The van der Waals surface area contributed by atoms with Crippen molar-refractivity contribution in [2.24, 2.45) is 0 Å². The standard InChI is InChI=1S/C21H27N3O5S/c1-16-14-24(15-17(2)28-16)30(26,27)13-12-22-21(25)23-19-10-6-7-11-20(19)29-18-8-4-3-5-9-18/h3-11,16-17H,12-15H2,1-2H3,(H2,22,23,25)/t16-,17+. The van der Waals surface area contributed by atoms with Crippen LogP contribution in [-0.4, -0.2) is 56.3 Å². The Labute approximate surface area is 177 Å². The van der Waals surface area contributed by atoms with Crippen molar-refractivity contribution in [2.75, 3.05) is 30.7 Å². The summed E-state index contributed by atoms with van der Waals surface area (Å²) in [7, 11) is -3.48. The smallest absolute Gasteiger partial charge is 0.319 e. The Hall–Kier alpha value is -2.62. The number of hydrogen-bond acceptors (Lipinski definition) is 5. The zero-order valence-electron chi connectivity index (χ0n) is 17.1. The molecule has 1 aliphatic rings. The lowest BCUT2D eigenvalue weighted by Gasteiger charge is -2.34. The van der Waals surface area contributed by atoms with Crippen molar-refractivity contribution in [3.63, 3.8) is 0 Å². The largest absolute Gasteiger partial charge is 0.455 e. The molecule has 2 N–H and O–H groups in total. The van der Waals surface area contributed by atoms with Crippen molar-refractivity contribution in [3.05, 3.63) is 54.6 Å². The molecule has 8 nitrogen and oxygen atoms in total. The van der Waals surface area contributed by atoms with E-state index < -0.39 is 16.1 Å². The molecular weight excluding hydrogens is 406 g/mol. The van der Waals surface area contributed by atoms with Crippen LogP contribution in [0.5, 0.6) is 11.5 Å². The van der Waals surface area contributed by atoms with E-state index in [4.69, 9.17) is 9.47 Å². The fourth-order valence-electron chi connectivity index (χ4n) is 3.22. The summed E-state index contributed by atoms with van der Waals surface area (Å²) in [5.41, 5.74) is 0.484. The molecule has 0 unspecified atom stereocenters. The quantitative estimate of drug-likeness (QED) is 0.700. The third kappa shape index (κ3) is 6.19. The maximum absolute atomic E-state index is 12.6. The van der Waals surface area contributed by atoms with Gasteiger partial charge in [0.25, 0.3) is 0 Å². The number of para-hydroxylation sites is 3. The number of carbonyl (C=O) groups is 1. The Balaban J connectivity index is 1.53. The predicted octanol–water partition coefficient (Wildman–Crippen LogP) is 3.04. The lowest BCUT2D eigenvalue weighted by atomic mass is 10.3. The molecule has 1 saturated heterocycles. The van der Waals surface area contributed by atoms with Gasteiger partial charge in [0, 0.05) is 19.6 Å². The average Bonchev–Trinajstić information content (AvgIpc) is 2.69. The summed E-state index contributed by atoms with van der Waals surface area (Å²) in [5.74, 6) is 0.956. The molecule has 0 spiro atoms. The number of hydrogen-bond donors (Lipinski definition) is 2. The molecule has 9 heteroatoms. The van der Waals surface area contributed by atoms with E-state index in [0.29, 0.717) is 30.3 Å². The van der Waals surface area contributed by atoms with Crippen molar-refractivity contribution in [3.8, 4) is 11.5 Å². The lowest BCUT2D eigenvalue weighted by molar-refractivity contribution is -0.0440. The molecule has 2 atom stereocenters. The first kappa shape index (κ1) is 22.1. The highest BCUT2D eigenvalue weighted by Crippen LogP contribution is 2.28. The highest BCUT2D eigenvalue weighted by atomic mass is 32.2. The number of sulfonamides is 1. The normalized spacial score (nSPS) is 19.8. The first-order chi connectivity index (χ1) is 14.3. The third-order valence-electron chi connectivity index (χ3n) is 4.53. The number of nitrogens with one attached hydrogen (secondary N) is 2. The Morgan fingerprint density at radius 3 is 2.40 bits per heavy atom. The van der Waals surface area contributed by atoms with Crippen molar-refractivity contribution in [1.82, 2.24) is 9.62 Å². The molecule has 0 aromatic heterocycles. The number of rotatable bonds is 7. The van der Waals surface area contributed by atoms with Crippen LogP contribution in [0.2, 0.25) is 0 Å². The molecule has 0 bridgehead atoms. The van der Waals surface area contributed by atoms with Crippen LogP contribution in [0.25, 0.3) is 0 Å². The van der Waals surface area contributed by atoms with Crippen LogP contribution >= 0.6 is 0 Å². The van der Waals surface area contributed by atoms with E-state index in [2.05, 4.69) is 10.6 Å². The van der Waals surface area contributed by atoms with Crippen molar-refractivity contribution in [1.29, 1.82) is 0 Å². The van der Waals surface area contributed by atoms with Gasteiger partial charge in [0.05, 0.1) is 23.6 Å². The van der Waals surface area contributed by atoms with Gasteiger partial charge in [-0.1, -0.05) is 30.3 Å². The minimum absolute atomic E-state index is 0.00397. The monoisotopic (exact) mass is 433 g/mol. The van der Waals surface area contributed by atoms with Crippen LogP contribution in [0.15, 0.2) is 54.6 Å². The average molecular weight is 434 g/mol. The molecule has 2 aromatic carbocycles. The molecule has 3 rings (SSSR count). The van der Waals surface area contributed by atoms with Gasteiger partial charge >= 0.3 is 6.03 Å². The number of amides is 2. The van der Waals surface area contributed by atoms with Crippen LogP contribution < -0.4 is 15.4 Å². The fraction of sp³-hybridized carbons (Fsp3) is 0.381. The predicted molar refractivity (Wildman–Crippen MR) is 115 cm³/mol. The van der Waals surface area contributed by atoms with Crippen LogP contribution in [0.3, 0.4) is 0 Å². The first-order valence-electron chi connectivity index (χ1n) is 9.83. The van der Waals surface area contributed by atoms with E-state index in [1.807, 2.05) is 44.2 Å². The van der Waals surface area contributed by atoms with E-state index in [1.54, 1.807) is 24.3 Å². The first-order valence-corrected chi connectivity index (χ1v) is 11.4. The van der Waals surface area contributed by atoms with E-state index >= 15 is 0 Å². The van der Waals surface area contributed by atoms with Gasteiger partial charge < -0.3 is 20.1 Å². The van der Waals surface area contributed by atoms with Gasteiger partial charge in [0.15, 0.2) is 5.75 Å². The number of anilines is 1. The Morgan fingerprint density at radius 2 is 1.70 bits per heavy atom. The lowest BCUT2D eigenvalue weighted by Crippen LogP contribution is -2.49. The van der Waals surface area contributed by atoms with Crippen LogP contribution in [-0.2, 0) is 14.8 Å². The minimum atomic E-state index is -3.48. The SMILES string of the molecule is C[C@@H]1CN(S(=O)(=O)CCNC(=O)Nc2ccccc2Oc2ccccc2)C[C@H](C)O1. The second kappa shape index (κ2) is 9.92. The second-order valence-corrected chi connectivity index (χ2v) is 9.27.